The van der Waals surface area contributed by atoms with Gasteiger partial charge in [-0.2, -0.15) is 0 Å². The molecule has 0 aliphatic rings. The maximum atomic E-state index is 12.4. The number of ether oxygens (including phenoxy) is 1. The zero-order valence-electron chi connectivity index (χ0n) is 15.2. The highest BCUT2D eigenvalue weighted by Crippen LogP contribution is 2.17. The number of nitrogens with one attached hydrogen (secondary N) is 2. The third-order valence-corrected chi connectivity index (χ3v) is 5.20. The van der Waals surface area contributed by atoms with Gasteiger partial charge in [-0.3, -0.25) is 9.78 Å². The Morgan fingerprint density at radius 2 is 2.11 bits per heavy atom. The Bertz CT molecular complexity index is 915. The van der Waals surface area contributed by atoms with E-state index >= 15 is 0 Å². The standard InChI is InChI=1S/C18H21N3O6S/c1-2-14(11-22)21-18(24)13-6-7-15(19-9-13)10-20-28(25,26)17-5-3-4-16(8-17)27-12-23/h3-9,11,14,20,23H,2,10,12H2,1H3,(H,21,24)/t14-/m0/s1. The number of aliphatic hydroxyl groups excluding tert-OH is 1. The number of hydrogen-bond donors (Lipinski definition) is 3. The maximum absolute atomic E-state index is 12.4. The van der Waals surface area contributed by atoms with E-state index in [0.717, 1.165) is 0 Å². The van der Waals surface area contributed by atoms with Crippen LogP contribution in [0.15, 0.2) is 47.5 Å². The summed E-state index contributed by atoms with van der Waals surface area (Å²) in [6.45, 7) is 1.13. The number of benzene rings is 1. The van der Waals surface area contributed by atoms with Crippen molar-refractivity contribution in [1.82, 2.24) is 15.0 Å². The number of amides is 1. The molecule has 0 unspecified atom stereocenters. The molecule has 0 aliphatic carbocycles. The van der Waals surface area contributed by atoms with Crippen molar-refractivity contribution in [3.05, 3.63) is 53.9 Å². The van der Waals surface area contributed by atoms with Crippen molar-refractivity contribution >= 4 is 22.2 Å². The lowest BCUT2D eigenvalue weighted by atomic mass is 10.2. The van der Waals surface area contributed by atoms with Gasteiger partial charge in [0.25, 0.3) is 5.91 Å². The molecule has 10 heteroatoms. The molecule has 2 rings (SSSR count). The second kappa shape index (κ2) is 9.93. The second-order valence-corrected chi connectivity index (χ2v) is 7.50. The van der Waals surface area contributed by atoms with Crippen molar-refractivity contribution in [2.75, 3.05) is 6.79 Å². The highest BCUT2D eigenvalue weighted by Gasteiger charge is 2.16. The van der Waals surface area contributed by atoms with Crippen molar-refractivity contribution in [2.24, 2.45) is 0 Å². The van der Waals surface area contributed by atoms with Crippen molar-refractivity contribution in [3.63, 3.8) is 0 Å². The SMILES string of the molecule is CC[C@@H](C=O)NC(=O)c1ccc(CNS(=O)(=O)c2cccc(OCO)c2)nc1. The lowest BCUT2D eigenvalue weighted by Gasteiger charge is -2.11. The van der Waals surface area contributed by atoms with Gasteiger partial charge in [0.15, 0.2) is 6.79 Å². The van der Waals surface area contributed by atoms with Crippen LogP contribution in [0.3, 0.4) is 0 Å². The predicted octanol–water partition coefficient (Wildman–Crippen LogP) is 0.596. The minimum absolute atomic E-state index is 0.0195. The third kappa shape index (κ3) is 5.84. The van der Waals surface area contributed by atoms with E-state index < -0.39 is 28.8 Å². The van der Waals surface area contributed by atoms with Gasteiger partial charge in [0, 0.05) is 12.3 Å². The van der Waals surface area contributed by atoms with Crippen LogP contribution >= 0.6 is 0 Å². The van der Waals surface area contributed by atoms with Gasteiger partial charge in [0.05, 0.1) is 28.7 Å². The first-order valence-corrected chi connectivity index (χ1v) is 9.92. The average molecular weight is 407 g/mol. The predicted molar refractivity (Wildman–Crippen MR) is 100 cm³/mol. The number of rotatable bonds is 10. The van der Waals surface area contributed by atoms with Gasteiger partial charge >= 0.3 is 0 Å². The Hall–Kier alpha value is -2.82. The van der Waals surface area contributed by atoms with Gasteiger partial charge in [-0.1, -0.05) is 13.0 Å². The van der Waals surface area contributed by atoms with Crippen LogP contribution in [0.2, 0.25) is 0 Å². The Labute approximate surface area is 162 Å². The molecule has 0 aliphatic heterocycles. The molecule has 1 aromatic heterocycles. The van der Waals surface area contributed by atoms with E-state index in [9.17, 15) is 18.0 Å². The fraction of sp³-hybridized carbons (Fsp3) is 0.278. The fourth-order valence-electron chi connectivity index (χ4n) is 2.21. The summed E-state index contributed by atoms with van der Waals surface area (Å²) in [7, 11) is -3.82. The largest absolute Gasteiger partial charge is 0.468 e. The van der Waals surface area contributed by atoms with Gasteiger partial charge in [0.1, 0.15) is 12.0 Å². The van der Waals surface area contributed by atoms with E-state index in [4.69, 9.17) is 9.84 Å². The van der Waals surface area contributed by atoms with Crippen molar-refractivity contribution in [3.8, 4) is 5.75 Å². The lowest BCUT2D eigenvalue weighted by molar-refractivity contribution is -0.109. The number of hydrogen-bond acceptors (Lipinski definition) is 7. The van der Waals surface area contributed by atoms with Crippen molar-refractivity contribution < 1.29 is 27.9 Å². The van der Waals surface area contributed by atoms with Gasteiger partial charge in [-0.25, -0.2) is 13.1 Å². The molecule has 0 spiro atoms. The number of carbonyl (C=O) groups excluding carboxylic acids is 2. The van der Waals surface area contributed by atoms with Crippen molar-refractivity contribution in [1.29, 1.82) is 0 Å². The lowest BCUT2D eigenvalue weighted by Crippen LogP contribution is -2.35. The highest BCUT2D eigenvalue weighted by atomic mass is 32.2. The molecule has 0 saturated heterocycles. The molecular weight excluding hydrogens is 386 g/mol. The topological polar surface area (TPSA) is 135 Å². The molecule has 0 radical (unpaired) electrons. The number of aldehydes is 1. The quantitative estimate of drug-likeness (QED) is 0.388. The van der Waals surface area contributed by atoms with Crippen LogP contribution in [0.5, 0.6) is 5.75 Å². The molecule has 0 saturated carbocycles. The fourth-order valence-corrected chi connectivity index (χ4v) is 3.24. The summed E-state index contributed by atoms with van der Waals surface area (Å²) in [4.78, 5) is 26.9. The molecule has 0 bridgehead atoms. The van der Waals surface area contributed by atoms with Crippen LogP contribution in [0, 0.1) is 0 Å². The molecule has 2 aromatic rings. The summed E-state index contributed by atoms with van der Waals surface area (Å²) in [6, 6.07) is 8.15. The first-order chi connectivity index (χ1) is 13.4. The molecular formula is C18H21N3O6S. The van der Waals surface area contributed by atoms with Crippen molar-refractivity contribution in [2.45, 2.75) is 30.8 Å². The van der Waals surface area contributed by atoms with Crippen LogP contribution in [-0.4, -0.2) is 43.5 Å². The summed E-state index contributed by atoms with van der Waals surface area (Å²) < 4.78 is 32.0. The highest BCUT2D eigenvalue weighted by molar-refractivity contribution is 7.89. The zero-order chi connectivity index (χ0) is 20.6. The maximum Gasteiger partial charge on any atom is 0.253 e. The van der Waals surface area contributed by atoms with E-state index in [0.29, 0.717) is 18.4 Å². The number of carbonyl (C=O) groups is 2. The molecule has 150 valence electrons. The molecule has 28 heavy (non-hydrogen) atoms. The zero-order valence-corrected chi connectivity index (χ0v) is 16.0. The van der Waals surface area contributed by atoms with Crippen LogP contribution in [0.25, 0.3) is 0 Å². The Morgan fingerprint density at radius 1 is 1.32 bits per heavy atom. The molecule has 1 amide bonds. The summed E-state index contributed by atoms with van der Waals surface area (Å²) in [6.07, 6.45) is 2.45. The van der Waals surface area contributed by atoms with Gasteiger partial charge in [-0.05, 0) is 30.7 Å². The molecule has 1 heterocycles. The number of pyridine rings is 1. The number of aliphatic hydroxyl groups is 1. The van der Waals surface area contributed by atoms with Crippen LogP contribution in [-0.2, 0) is 21.4 Å². The molecule has 9 nitrogen and oxygen atoms in total. The van der Waals surface area contributed by atoms with Gasteiger partial charge < -0.3 is 20.0 Å². The second-order valence-electron chi connectivity index (χ2n) is 5.74. The number of sulfonamides is 1. The van der Waals surface area contributed by atoms with Crippen LogP contribution in [0.1, 0.15) is 29.4 Å². The Morgan fingerprint density at radius 3 is 2.71 bits per heavy atom. The van der Waals surface area contributed by atoms with Gasteiger partial charge in [-0.15, -0.1) is 0 Å². The Balaban J connectivity index is 2.01. The molecule has 1 atom stereocenters. The summed E-state index contributed by atoms with van der Waals surface area (Å²) in [5.41, 5.74) is 0.672. The smallest absolute Gasteiger partial charge is 0.253 e. The van der Waals surface area contributed by atoms with E-state index in [2.05, 4.69) is 15.0 Å². The van der Waals surface area contributed by atoms with E-state index in [1.54, 1.807) is 6.92 Å². The summed E-state index contributed by atoms with van der Waals surface area (Å²) in [5.74, 6) is -0.209. The monoisotopic (exact) mass is 407 g/mol. The minimum Gasteiger partial charge on any atom is -0.468 e. The third-order valence-electron chi connectivity index (χ3n) is 3.80. The molecule has 0 fully saturated rings. The van der Waals surface area contributed by atoms with Crippen LogP contribution < -0.4 is 14.8 Å². The first-order valence-electron chi connectivity index (χ1n) is 8.44. The van der Waals surface area contributed by atoms with Crippen LogP contribution in [0.4, 0.5) is 0 Å². The van der Waals surface area contributed by atoms with E-state index in [-0.39, 0.29) is 22.8 Å². The van der Waals surface area contributed by atoms with E-state index in [1.165, 1.54) is 42.6 Å². The first kappa shape index (κ1) is 21.5. The number of aromatic nitrogens is 1. The average Bonchev–Trinajstić information content (AvgIpc) is 2.71. The summed E-state index contributed by atoms with van der Waals surface area (Å²) >= 11 is 0. The normalized spacial score (nSPS) is 12.2. The Kier molecular flexibility index (Phi) is 7.61. The molecule has 3 N–H and O–H groups in total. The van der Waals surface area contributed by atoms with E-state index in [1.807, 2.05) is 0 Å². The minimum atomic E-state index is -3.82. The summed E-state index contributed by atoms with van der Waals surface area (Å²) in [5, 5.41) is 11.3. The number of nitrogens with zero attached hydrogens (tertiary/aromatic N) is 1. The van der Waals surface area contributed by atoms with Gasteiger partial charge in [0.2, 0.25) is 10.0 Å². The molecule has 1 aromatic carbocycles.